The van der Waals surface area contributed by atoms with Crippen LogP contribution in [0, 0.1) is 5.82 Å². The molecule has 4 aromatic rings. The van der Waals surface area contributed by atoms with Crippen molar-refractivity contribution >= 4 is 34.4 Å². The molecule has 0 fully saturated rings. The second-order valence-corrected chi connectivity index (χ2v) is 7.95. The third kappa shape index (κ3) is 4.22. The molecule has 0 saturated carbocycles. The van der Waals surface area contributed by atoms with Gasteiger partial charge in [0.05, 0.1) is 17.9 Å². The lowest BCUT2D eigenvalue weighted by Gasteiger charge is -2.06. The average Bonchev–Trinajstić information content (AvgIpc) is 3.30. The summed E-state index contributed by atoms with van der Waals surface area (Å²) in [6.07, 6.45) is 1.84. The fraction of sp³-hybridized carbons (Fsp3) is 0.182. The van der Waals surface area contributed by atoms with Crippen LogP contribution >= 0.6 is 11.8 Å². The minimum atomic E-state index is -0.582. The summed E-state index contributed by atoms with van der Waals surface area (Å²) < 4.78 is 17.4. The Morgan fingerprint density at radius 2 is 1.77 bits per heavy atom. The Labute approximate surface area is 182 Å². The number of para-hydroxylation sites is 1. The Kier molecular flexibility index (Phi) is 5.85. The van der Waals surface area contributed by atoms with Gasteiger partial charge in [-0.05, 0) is 18.2 Å². The standard InChI is InChI=1S/C22H20FN5O2S/c1-27-12-16(14-7-4-6-10-18(14)27)19(29)13-31-22-26-25-20(28(22)2)11-24-21(30)15-8-3-5-9-17(15)23/h3-10,12H,11,13H2,1-2H3,(H,24,30). The molecule has 158 valence electrons. The van der Waals surface area contributed by atoms with Crippen LogP contribution in [0.15, 0.2) is 59.9 Å². The molecule has 2 aromatic heterocycles. The molecule has 0 aliphatic rings. The smallest absolute Gasteiger partial charge is 0.254 e. The predicted molar refractivity (Wildman–Crippen MR) is 117 cm³/mol. The van der Waals surface area contributed by atoms with Gasteiger partial charge in [0.1, 0.15) is 5.82 Å². The van der Waals surface area contributed by atoms with Gasteiger partial charge >= 0.3 is 0 Å². The number of rotatable bonds is 7. The molecule has 0 saturated heterocycles. The molecule has 0 unspecified atom stereocenters. The first-order chi connectivity index (χ1) is 15.0. The first-order valence-electron chi connectivity index (χ1n) is 9.56. The maximum Gasteiger partial charge on any atom is 0.254 e. The zero-order valence-corrected chi connectivity index (χ0v) is 17.8. The van der Waals surface area contributed by atoms with Gasteiger partial charge in [0.2, 0.25) is 0 Å². The highest BCUT2D eigenvalue weighted by atomic mass is 32.2. The number of aryl methyl sites for hydroxylation is 1. The number of Topliss-reactive ketones (excluding diaryl/α,β-unsaturated/α-hetero) is 1. The van der Waals surface area contributed by atoms with Gasteiger partial charge in [-0.3, -0.25) is 9.59 Å². The van der Waals surface area contributed by atoms with Crippen molar-refractivity contribution < 1.29 is 14.0 Å². The second kappa shape index (κ2) is 8.73. The molecule has 0 aliphatic heterocycles. The summed E-state index contributed by atoms with van der Waals surface area (Å²) in [5.41, 5.74) is 1.65. The van der Waals surface area contributed by atoms with Crippen molar-refractivity contribution in [2.75, 3.05) is 5.75 Å². The number of aromatic nitrogens is 4. The fourth-order valence-electron chi connectivity index (χ4n) is 3.30. The van der Waals surface area contributed by atoms with Crippen molar-refractivity contribution in [1.82, 2.24) is 24.6 Å². The van der Waals surface area contributed by atoms with E-state index in [1.165, 1.54) is 30.0 Å². The van der Waals surface area contributed by atoms with E-state index in [-0.39, 0.29) is 23.6 Å². The van der Waals surface area contributed by atoms with E-state index in [2.05, 4.69) is 15.5 Å². The Morgan fingerprint density at radius 1 is 1.03 bits per heavy atom. The molecule has 4 rings (SSSR count). The van der Waals surface area contributed by atoms with Crippen LogP contribution in [0.25, 0.3) is 10.9 Å². The summed E-state index contributed by atoms with van der Waals surface area (Å²) in [6.45, 7) is 0.0918. The van der Waals surface area contributed by atoms with Crippen LogP contribution in [0.5, 0.6) is 0 Å². The van der Waals surface area contributed by atoms with Crippen LogP contribution in [-0.4, -0.2) is 36.8 Å². The van der Waals surface area contributed by atoms with Crippen molar-refractivity contribution in [3.8, 4) is 0 Å². The number of carbonyl (C=O) groups is 2. The van der Waals surface area contributed by atoms with Gasteiger partial charge in [0.25, 0.3) is 5.91 Å². The summed E-state index contributed by atoms with van der Waals surface area (Å²) in [5.74, 6) is -0.395. The number of nitrogens with zero attached hydrogens (tertiary/aromatic N) is 4. The minimum Gasteiger partial charge on any atom is -0.350 e. The molecular weight excluding hydrogens is 417 g/mol. The lowest BCUT2D eigenvalue weighted by Crippen LogP contribution is -2.25. The van der Waals surface area contributed by atoms with E-state index in [1.54, 1.807) is 17.7 Å². The van der Waals surface area contributed by atoms with Crippen LogP contribution < -0.4 is 5.32 Å². The second-order valence-electron chi connectivity index (χ2n) is 7.00. The van der Waals surface area contributed by atoms with Crippen molar-refractivity contribution in [3.63, 3.8) is 0 Å². The van der Waals surface area contributed by atoms with Gasteiger partial charge in [-0.1, -0.05) is 42.1 Å². The lowest BCUT2D eigenvalue weighted by molar-refractivity contribution is 0.0944. The van der Waals surface area contributed by atoms with Crippen molar-refractivity contribution in [3.05, 3.63) is 77.5 Å². The third-order valence-electron chi connectivity index (χ3n) is 4.98. The van der Waals surface area contributed by atoms with Crippen LogP contribution in [0.1, 0.15) is 26.5 Å². The number of amides is 1. The van der Waals surface area contributed by atoms with E-state index in [1.807, 2.05) is 42.1 Å². The summed E-state index contributed by atoms with van der Waals surface area (Å²) in [6, 6.07) is 13.5. The topological polar surface area (TPSA) is 81.8 Å². The number of benzene rings is 2. The van der Waals surface area contributed by atoms with Gasteiger partial charge in [0.15, 0.2) is 16.8 Å². The van der Waals surface area contributed by atoms with Crippen molar-refractivity contribution in [2.24, 2.45) is 14.1 Å². The molecule has 1 N–H and O–H groups in total. The molecule has 7 nitrogen and oxygen atoms in total. The third-order valence-corrected chi connectivity index (χ3v) is 6.00. The molecule has 0 aliphatic carbocycles. The van der Waals surface area contributed by atoms with E-state index in [0.717, 1.165) is 10.9 Å². The molecule has 2 heterocycles. The molecule has 0 spiro atoms. The van der Waals surface area contributed by atoms with Crippen molar-refractivity contribution in [1.29, 1.82) is 0 Å². The molecular formula is C22H20FN5O2S. The van der Waals surface area contributed by atoms with E-state index in [4.69, 9.17) is 0 Å². The number of hydrogen-bond donors (Lipinski definition) is 1. The molecule has 9 heteroatoms. The van der Waals surface area contributed by atoms with Crippen LogP contribution in [0.4, 0.5) is 4.39 Å². The van der Waals surface area contributed by atoms with E-state index in [0.29, 0.717) is 16.5 Å². The quantitative estimate of drug-likeness (QED) is 0.354. The number of nitrogens with one attached hydrogen (secondary N) is 1. The predicted octanol–water partition coefficient (Wildman–Crippen LogP) is 3.35. The van der Waals surface area contributed by atoms with Gasteiger partial charge in [-0.25, -0.2) is 4.39 Å². The normalized spacial score (nSPS) is 11.1. The number of halogens is 1. The number of ketones is 1. The summed E-state index contributed by atoms with van der Waals surface area (Å²) >= 11 is 1.28. The molecule has 0 radical (unpaired) electrons. The highest BCUT2D eigenvalue weighted by Gasteiger charge is 2.17. The average molecular weight is 438 g/mol. The first kappa shape index (κ1) is 20.8. The maximum atomic E-state index is 13.7. The number of carbonyl (C=O) groups excluding carboxylic acids is 2. The Bertz CT molecular complexity index is 1280. The molecule has 0 atom stereocenters. The van der Waals surface area contributed by atoms with Crippen LogP contribution in [0.2, 0.25) is 0 Å². The minimum absolute atomic E-state index is 0.000736. The molecule has 0 bridgehead atoms. The summed E-state index contributed by atoms with van der Waals surface area (Å²) in [4.78, 5) is 25.0. The molecule has 31 heavy (non-hydrogen) atoms. The zero-order valence-electron chi connectivity index (χ0n) is 17.0. The van der Waals surface area contributed by atoms with E-state index in [9.17, 15) is 14.0 Å². The highest BCUT2D eigenvalue weighted by Crippen LogP contribution is 2.24. The summed E-state index contributed by atoms with van der Waals surface area (Å²) in [5, 5.41) is 12.3. The van der Waals surface area contributed by atoms with Crippen LogP contribution in [-0.2, 0) is 20.6 Å². The number of hydrogen-bond acceptors (Lipinski definition) is 5. The van der Waals surface area contributed by atoms with Crippen molar-refractivity contribution in [2.45, 2.75) is 11.7 Å². The monoisotopic (exact) mass is 437 g/mol. The molecule has 2 aromatic carbocycles. The Balaban J connectivity index is 1.40. The maximum absolute atomic E-state index is 13.7. The Hall–Kier alpha value is -3.46. The first-order valence-corrected chi connectivity index (χ1v) is 10.6. The van der Waals surface area contributed by atoms with E-state index >= 15 is 0 Å². The number of fused-ring (bicyclic) bond motifs is 1. The largest absolute Gasteiger partial charge is 0.350 e. The van der Waals surface area contributed by atoms with Gasteiger partial charge in [-0.15, -0.1) is 10.2 Å². The van der Waals surface area contributed by atoms with Gasteiger partial charge < -0.3 is 14.5 Å². The summed E-state index contributed by atoms with van der Waals surface area (Å²) in [7, 11) is 3.67. The van der Waals surface area contributed by atoms with Gasteiger partial charge in [-0.2, -0.15) is 0 Å². The van der Waals surface area contributed by atoms with Gasteiger partial charge in [0, 0.05) is 36.8 Å². The molecule has 1 amide bonds. The fourth-order valence-corrected chi connectivity index (χ4v) is 4.11. The zero-order chi connectivity index (χ0) is 22.0. The Morgan fingerprint density at radius 3 is 2.58 bits per heavy atom. The number of thioether (sulfide) groups is 1. The highest BCUT2D eigenvalue weighted by molar-refractivity contribution is 7.99. The SMILES string of the molecule is Cn1c(CNC(=O)c2ccccc2F)nnc1SCC(=O)c1cn(C)c2ccccc12. The van der Waals surface area contributed by atoms with E-state index < -0.39 is 11.7 Å². The lowest BCUT2D eigenvalue weighted by atomic mass is 10.1. The van der Waals surface area contributed by atoms with Crippen LogP contribution in [0.3, 0.4) is 0 Å².